The summed E-state index contributed by atoms with van der Waals surface area (Å²) >= 11 is 0. The molecular weight excluding hydrogens is 259 g/mol. The Morgan fingerprint density at radius 3 is 2.68 bits per heavy atom. The Labute approximate surface area is 109 Å². The maximum atomic E-state index is 12.4. The number of alkyl halides is 3. The van der Waals surface area contributed by atoms with Gasteiger partial charge in [0.1, 0.15) is 6.54 Å². The first kappa shape index (κ1) is 15.4. The molecule has 7 heteroatoms. The summed E-state index contributed by atoms with van der Waals surface area (Å²) in [5, 5.41) is 0. The average molecular weight is 275 g/mol. The van der Waals surface area contributed by atoms with Crippen molar-refractivity contribution < 1.29 is 18.0 Å². The van der Waals surface area contributed by atoms with Crippen LogP contribution in [0.1, 0.15) is 29.4 Å². The van der Waals surface area contributed by atoms with E-state index in [0.717, 1.165) is 4.90 Å². The second kappa shape index (κ2) is 6.51. The van der Waals surface area contributed by atoms with Crippen LogP contribution in [0.3, 0.4) is 0 Å². The van der Waals surface area contributed by atoms with Crippen molar-refractivity contribution >= 4 is 5.91 Å². The van der Waals surface area contributed by atoms with Crippen LogP contribution in [0.25, 0.3) is 0 Å². The van der Waals surface area contributed by atoms with E-state index >= 15 is 0 Å². The van der Waals surface area contributed by atoms with Crippen LogP contribution < -0.4 is 5.73 Å². The number of hydrogen-bond acceptors (Lipinski definition) is 3. The van der Waals surface area contributed by atoms with Crippen LogP contribution in [-0.2, 0) is 6.54 Å². The molecule has 4 nitrogen and oxygen atoms in total. The van der Waals surface area contributed by atoms with E-state index in [4.69, 9.17) is 5.73 Å². The summed E-state index contributed by atoms with van der Waals surface area (Å²) in [7, 11) is 0. The highest BCUT2D eigenvalue weighted by molar-refractivity contribution is 5.94. The Morgan fingerprint density at radius 2 is 2.16 bits per heavy atom. The summed E-state index contributed by atoms with van der Waals surface area (Å²) in [4.78, 5) is 16.7. The number of halogens is 3. The van der Waals surface area contributed by atoms with Gasteiger partial charge in [-0.05, 0) is 18.6 Å². The molecule has 1 heterocycles. The van der Waals surface area contributed by atoms with Crippen LogP contribution in [0.15, 0.2) is 18.3 Å². The number of nitrogens with zero attached hydrogens (tertiary/aromatic N) is 2. The van der Waals surface area contributed by atoms with E-state index in [0.29, 0.717) is 12.1 Å². The maximum absolute atomic E-state index is 12.4. The van der Waals surface area contributed by atoms with E-state index in [1.54, 1.807) is 6.92 Å². The van der Waals surface area contributed by atoms with Gasteiger partial charge in [-0.2, -0.15) is 13.2 Å². The van der Waals surface area contributed by atoms with Gasteiger partial charge >= 0.3 is 6.18 Å². The molecule has 0 fully saturated rings. The van der Waals surface area contributed by atoms with E-state index in [1.165, 1.54) is 18.3 Å². The molecule has 0 saturated heterocycles. The van der Waals surface area contributed by atoms with Crippen molar-refractivity contribution in [2.24, 2.45) is 5.73 Å². The molecule has 0 aliphatic carbocycles. The van der Waals surface area contributed by atoms with Crippen LogP contribution in [0.2, 0.25) is 0 Å². The molecule has 0 spiro atoms. The van der Waals surface area contributed by atoms with Gasteiger partial charge in [-0.1, -0.05) is 6.92 Å². The smallest absolute Gasteiger partial charge is 0.330 e. The van der Waals surface area contributed by atoms with Crippen molar-refractivity contribution in [3.8, 4) is 0 Å². The van der Waals surface area contributed by atoms with Gasteiger partial charge in [-0.15, -0.1) is 0 Å². The van der Waals surface area contributed by atoms with E-state index in [1.807, 2.05) is 0 Å². The highest BCUT2D eigenvalue weighted by Crippen LogP contribution is 2.18. The Bertz CT molecular complexity index is 434. The lowest BCUT2D eigenvalue weighted by atomic mass is 10.2. The fourth-order valence-corrected chi connectivity index (χ4v) is 1.64. The largest absolute Gasteiger partial charge is 0.406 e. The lowest BCUT2D eigenvalue weighted by Gasteiger charge is -2.23. The Morgan fingerprint density at radius 1 is 1.47 bits per heavy atom. The standard InChI is InChI=1S/C12H16F3N3O/c1-2-5-18(8-12(13,14)15)11(19)9-3-4-17-10(6-9)7-16/h3-4,6H,2,5,7-8,16H2,1H3. The van der Waals surface area contributed by atoms with Gasteiger partial charge in [-0.3, -0.25) is 9.78 Å². The molecule has 0 aliphatic rings. The maximum Gasteiger partial charge on any atom is 0.406 e. The molecule has 0 radical (unpaired) electrons. The monoisotopic (exact) mass is 275 g/mol. The second-order valence-corrected chi connectivity index (χ2v) is 4.08. The van der Waals surface area contributed by atoms with Gasteiger partial charge in [0.05, 0.1) is 5.69 Å². The number of rotatable bonds is 5. The van der Waals surface area contributed by atoms with Crippen LogP contribution in [0.5, 0.6) is 0 Å². The third kappa shape index (κ3) is 4.86. The SMILES string of the molecule is CCCN(CC(F)(F)F)C(=O)c1ccnc(CN)c1. The molecule has 1 aromatic heterocycles. The van der Waals surface area contributed by atoms with Crippen LogP contribution in [-0.4, -0.2) is 35.1 Å². The van der Waals surface area contributed by atoms with Gasteiger partial charge in [0, 0.05) is 24.8 Å². The average Bonchev–Trinajstić information content (AvgIpc) is 2.36. The summed E-state index contributed by atoms with van der Waals surface area (Å²) < 4.78 is 37.3. The van der Waals surface area contributed by atoms with Crippen molar-refractivity contribution in [1.82, 2.24) is 9.88 Å². The second-order valence-electron chi connectivity index (χ2n) is 4.08. The molecule has 1 rings (SSSR count). The van der Waals surface area contributed by atoms with Gasteiger partial charge in [0.2, 0.25) is 0 Å². The van der Waals surface area contributed by atoms with Crippen molar-refractivity contribution in [2.75, 3.05) is 13.1 Å². The van der Waals surface area contributed by atoms with Crippen molar-refractivity contribution in [3.05, 3.63) is 29.6 Å². The van der Waals surface area contributed by atoms with E-state index in [-0.39, 0.29) is 18.7 Å². The molecule has 1 aromatic rings. The molecule has 19 heavy (non-hydrogen) atoms. The Kier molecular flexibility index (Phi) is 5.29. The number of hydrogen-bond donors (Lipinski definition) is 1. The predicted octanol–water partition coefficient (Wildman–Crippen LogP) is 1.95. The number of pyridine rings is 1. The zero-order chi connectivity index (χ0) is 14.5. The van der Waals surface area contributed by atoms with E-state index in [9.17, 15) is 18.0 Å². The summed E-state index contributed by atoms with van der Waals surface area (Å²) in [6.07, 6.45) is -2.58. The third-order valence-corrected chi connectivity index (χ3v) is 2.42. The lowest BCUT2D eigenvalue weighted by molar-refractivity contribution is -0.140. The highest BCUT2D eigenvalue weighted by Gasteiger charge is 2.33. The Balaban J connectivity index is 2.91. The first-order chi connectivity index (χ1) is 8.87. The molecule has 0 unspecified atom stereocenters. The van der Waals surface area contributed by atoms with Gasteiger partial charge in [0.15, 0.2) is 0 Å². The normalized spacial score (nSPS) is 11.4. The number of amides is 1. The predicted molar refractivity (Wildman–Crippen MR) is 64.4 cm³/mol. The number of nitrogens with two attached hydrogens (primary N) is 1. The minimum atomic E-state index is -4.41. The molecule has 0 aliphatic heterocycles. The van der Waals surface area contributed by atoms with Crippen molar-refractivity contribution in [3.63, 3.8) is 0 Å². The van der Waals surface area contributed by atoms with Gasteiger partial charge in [0.25, 0.3) is 5.91 Å². The molecule has 0 atom stereocenters. The fourth-order valence-electron chi connectivity index (χ4n) is 1.64. The van der Waals surface area contributed by atoms with E-state index < -0.39 is 18.6 Å². The zero-order valence-corrected chi connectivity index (χ0v) is 10.6. The molecule has 1 amide bonds. The number of carbonyl (C=O) groups is 1. The lowest BCUT2D eigenvalue weighted by Crippen LogP contribution is -2.39. The first-order valence-electron chi connectivity index (χ1n) is 5.88. The minimum Gasteiger partial charge on any atom is -0.330 e. The number of aromatic nitrogens is 1. The third-order valence-electron chi connectivity index (χ3n) is 2.42. The first-order valence-corrected chi connectivity index (χ1v) is 5.88. The fraction of sp³-hybridized carbons (Fsp3) is 0.500. The van der Waals surface area contributed by atoms with Crippen LogP contribution in [0.4, 0.5) is 13.2 Å². The zero-order valence-electron chi connectivity index (χ0n) is 10.6. The molecule has 0 aromatic carbocycles. The van der Waals surface area contributed by atoms with Crippen LogP contribution >= 0.6 is 0 Å². The summed E-state index contributed by atoms with van der Waals surface area (Å²) in [5.41, 5.74) is 6.03. The molecule has 0 bridgehead atoms. The topological polar surface area (TPSA) is 59.2 Å². The van der Waals surface area contributed by atoms with E-state index in [2.05, 4.69) is 4.98 Å². The number of carbonyl (C=O) groups excluding carboxylic acids is 1. The van der Waals surface area contributed by atoms with Crippen LogP contribution in [0, 0.1) is 0 Å². The molecule has 0 saturated carbocycles. The quantitative estimate of drug-likeness (QED) is 0.893. The Hall–Kier alpha value is -1.63. The van der Waals surface area contributed by atoms with Gasteiger partial charge < -0.3 is 10.6 Å². The van der Waals surface area contributed by atoms with Crippen molar-refractivity contribution in [1.29, 1.82) is 0 Å². The molecule has 106 valence electrons. The van der Waals surface area contributed by atoms with Crippen molar-refractivity contribution in [2.45, 2.75) is 26.1 Å². The minimum absolute atomic E-state index is 0.0542. The highest BCUT2D eigenvalue weighted by atomic mass is 19.4. The summed E-state index contributed by atoms with van der Waals surface area (Å²) in [5.74, 6) is -0.656. The molecule has 2 N–H and O–H groups in total. The van der Waals surface area contributed by atoms with Gasteiger partial charge in [-0.25, -0.2) is 0 Å². The summed E-state index contributed by atoms with van der Waals surface area (Å²) in [6, 6.07) is 2.81. The summed E-state index contributed by atoms with van der Waals surface area (Å²) in [6.45, 7) is 0.654. The molecular formula is C12H16F3N3O.